The topological polar surface area (TPSA) is 88.6 Å². The highest BCUT2D eigenvalue weighted by Crippen LogP contribution is 2.35. The Kier molecular flexibility index (Phi) is 7.00. The van der Waals surface area contributed by atoms with Gasteiger partial charge in [0, 0.05) is 29.5 Å². The molecule has 0 aliphatic carbocycles. The Labute approximate surface area is 214 Å². The van der Waals surface area contributed by atoms with Gasteiger partial charge in [-0.1, -0.05) is 46.3 Å². The van der Waals surface area contributed by atoms with Gasteiger partial charge < -0.3 is 15.0 Å². The minimum atomic E-state index is -0.623. The van der Waals surface area contributed by atoms with E-state index in [1.807, 2.05) is 48.5 Å². The number of nitrogens with one attached hydrogen (secondary N) is 1. The predicted octanol–water partition coefficient (Wildman–Crippen LogP) is 5.77. The molecule has 0 aliphatic heterocycles. The first-order valence-corrected chi connectivity index (χ1v) is 12.2. The third-order valence-corrected chi connectivity index (χ3v) is 7.19. The van der Waals surface area contributed by atoms with Gasteiger partial charge in [0.15, 0.2) is 0 Å². The van der Waals surface area contributed by atoms with Gasteiger partial charge >= 0.3 is 5.97 Å². The molecule has 4 aromatic rings. The summed E-state index contributed by atoms with van der Waals surface area (Å²) < 4.78 is 5.87. The van der Waals surface area contributed by atoms with Crippen molar-refractivity contribution in [2.24, 2.45) is 0 Å². The highest BCUT2D eigenvalue weighted by atomic mass is 79.9. The summed E-state index contributed by atoms with van der Waals surface area (Å²) >= 11 is 4.49. The summed E-state index contributed by atoms with van der Waals surface area (Å²) in [4.78, 5) is 45.3. The molecule has 0 atom stereocenters. The van der Waals surface area contributed by atoms with Crippen molar-refractivity contribution in [3.63, 3.8) is 0 Å². The lowest BCUT2D eigenvalue weighted by atomic mass is 10.0. The number of methoxy groups -OCH3 is 1. The number of carbonyl (C=O) groups excluding carboxylic acids is 3. The zero-order valence-electron chi connectivity index (χ0n) is 19.5. The standard InChI is InChI=1S/C26H22BrN3O4S/c1-14-21(26(33)34-4)24(35-22(14)25(32)30(2)3)29-23(31)18-13-20(15-9-11-16(27)12-10-15)28-19-8-6-5-7-17(18)19/h5-13H,1-4H3,(H,29,31). The maximum atomic E-state index is 13.6. The van der Waals surface area contributed by atoms with Gasteiger partial charge in [0.05, 0.1) is 34.3 Å². The fourth-order valence-electron chi connectivity index (χ4n) is 3.66. The van der Waals surface area contributed by atoms with E-state index in [9.17, 15) is 14.4 Å². The van der Waals surface area contributed by atoms with Crippen LogP contribution in [-0.4, -0.2) is 48.9 Å². The highest BCUT2D eigenvalue weighted by Gasteiger charge is 2.27. The number of carbonyl (C=O) groups is 3. The molecule has 178 valence electrons. The lowest BCUT2D eigenvalue weighted by Crippen LogP contribution is -2.21. The molecule has 0 radical (unpaired) electrons. The lowest BCUT2D eigenvalue weighted by molar-refractivity contribution is 0.0601. The van der Waals surface area contributed by atoms with Gasteiger partial charge in [-0.3, -0.25) is 9.59 Å². The Morgan fingerprint density at radius 1 is 1.06 bits per heavy atom. The summed E-state index contributed by atoms with van der Waals surface area (Å²) in [5.74, 6) is -1.30. The van der Waals surface area contributed by atoms with E-state index < -0.39 is 11.9 Å². The first kappa shape index (κ1) is 24.6. The highest BCUT2D eigenvalue weighted by molar-refractivity contribution is 9.10. The Morgan fingerprint density at radius 2 is 1.74 bits per heavy atom. The molecular formula is C26H22BrN3O4S. The van der Waals surface area contributed by atoms with Gasteiger partial charge in [-0.15, -0.1) is 11.3 Å². The second-order valence-corrected chi connectivity index (χ2v) is 9.92. The second kappa shape index (κ2) is 9.97. The van der Waals surface area contributed by atoms with Crippen molar-refractivity contribution in [3.05, 3.63) is 80.6 Å². The molecule has 35 heavy (non-hydrogen) atoms. The van der Waals surface area contributed by atoms with Gasteiger partial charge in [-0.05, 0) is 36.8 Å². The monoisotopic (exact) mass is 551 g/mol. The zero-order chi connectivity index (χ0) is 25.3. The van der Waals surface area contributed by atoms with Crippen LogP contribution < -0.4 is 5.32 Å². The summed E-state index contributed by atoms with van der Waals surface area (Å²) in [6, 6.07) is 16.7. The van der Waals surface area contributed by atoms with E-state index in [0.717, 1.165) is 21.4 Å². The van der Waals surface area contributed by atoms with Crippen LogP contribution in [0.3, 0.4) is 0 Å². The van der Waals surface area contributed by atoms with Crippen LogP contribution >= 0.6 is 27.3 Å². The van der Waals surface area contributed by atoms with E-state index in [1.165, 1.54) is 12.0 Å². The molecule has 2 aromatic carbocycles. The number of para-hydroxylation sites is 1. The average molecular weight is 552 g/mol. The van der Waals surface area contributed by atoms with Crippen molar-refractivity contribution >= 4 is 61.0 Å². The summed E-state index contributed by atoms with van der Waals surface area (Å²) in [6.07, 6.45) is 0. The number of fused-ring (bicyclic) bond motifs is 1. The zero-order valence-corrected chi connectivity index (χ0v) is 21.9. The Morgan fingerprint density at radius 3 is 2.40 bits per heavy atom. The fraction of sp³-hybridized carbons (Fsp3) is 0.154. The quantitative estimate of drug-likeness (QED) is 0.318. The molecule has 0 saturated carbocycles. The number of benzene rings is 2. The number of aromatic nitrogens is 1. The summed E-state index contributed by atoms with van der Waals surface area (Å²) in [5.41, 5.74) is 3.19. The number of amides is 2. The Balaban J connectivity index is 1.82. The largest absolute Gasteiger partial charge is 0.465 e. The van der Waals surface area contributed by atoms with Gasteiger partial charge in [0.25, 0.3) is 11.8 Å². The molecule has 2 aromatic heterocycles. The van der Waals surface area contributed by atoms with Gasteiger partial charge in [-0.25, -0.2) is 9.78 Å². The number of ether oxygens (including phenoxy) is 1. The predicted molar refractivity (Wildman–Crippen MR) is 141 cm³/mol. The number of rotatable bonds is 5. The minimum absolute atomic E-state index is 0.169. The van der Waals surface area contributed by atoms with Crippen LogP contribution in [0.1, 0.15) is 36.0 Å². The van der Waals surface area contributed by atoms with Crippen LogP contribution in [-0.2, 0) is 4.74 Å². The molecule has 2 heterocycles. The second-order valence-electron chi connectivity index (χ2n) is 7.98. The summed E-state index contributed by atoms with van der Waals surface area (Å²) in [6.45, 7) is 1.67. The molecule has 1 N–H and O–H groups in total. The molecule has 0 spiro atoms. The van der Waals surface area contributed by atoms with Crippen LogP contribution in [0.2, 0.25) is 0 Å². The molecule has 0 saturated heterocycles. The molecule has 0 fully saturated rings. The number of anilines is 1. The van der Waals surface area contributed by atoms with Gasteiger partial charge in [-0.2, -0.15) is 0 Å². The van der Waals surface area contributed by atoms with E-state index in [1.54, 1.807) is 27.1 Å². The number of hydrogen-bond donors (Lipinski definition) is 1. The van der Waals surface area contributed by atoms with Crippen LogP contribution in [0.15, 0.2) is 59.1 Å². The number of pyridine rings is 1. The normalized spacial score (nSPS) is 10.8. The van der Waals surface area contributed by atoms with E-state index in [0.29, 0.717) is 32.6 Å². The number of halogens is 1. The minimum Gasteiger partial charge on any atom is -0.465 e. The van der Waals surface area contributed by atoms with Crippen LogP contribution in [0.4, 0.5) is 5.00 Å². The number of hydrogen-bond acceptors (Lipinski definition) is 6. The van der Waals surface area contributed by atoms with E-state index in [4.69, 9.17) is 9.72 Å². The SMILES string of the molecule is COC(=O)c1c(NC(=O)c2cc(-c3ccc(Br)cc3)nc3ccccc23)sc(C(=O)N(C)C)c1C. The first-order chi connectivity index (χ1) is 16.7. The van der Waals surface area contributed by atoms with E-state index in [2.05, 4.69) is 21.2 Å². The van der Waals surface area contributed by atoms with Gasteiger partial charge in [0.1, 0.15) is 5.00 Å². The summed E-state index contributed by atoms with van der Waals surface area (Å²) in [5, 5.41) is 3.78. The number of nitrogens with zero attached hydrogens (tertiary/aromatic N) is 2. The number of esters is 1. The van der Waals surface area contributed by atoms with Crippen molar-refractivity contribution in [2.75, 3.05) is 26.5 Å². The van der Waals surface area contributed by atoms with Crippen LogP contribution in [0.25, 0.3) is 22.2 Å². The smallest absolute Gasteiger partial charge is 0.341 e. The molecule has 0 aliphatic rings. The Bertz CT molecular complexity index is 1460. The maximum absolute atomic E-state index is 13.6. The third kappa shape index (κ3) is 4.82. The number of thiophene rings is 1. The average Bonchev–Trinajstić information content (AvgIpc) is 3.17. The molecule has 7 nitrogen and oxygen atoms in total. The maximum Gasteiger partial charge on any atom is 0.341 e. The van der Waals surface area contributed by atoms with Crippen molar-refractivity contribution in [2.45, 2.75) is 6.92 Å². The molecule has 9 heteroatoms. The van der Waals surface area contributed by atoms with Crippen molar-refractivity contribution < 1.29 is 19.1 Å². The van der Waals surface area contributed by atoms with Crippen molar-refractivity contribution in [1.29, 1.82) is 0 Å². The molecule has 4 rings (SSSR count). The van der Waals surface area contributed by atoms with E-state index >= 15 is 0 Å². The molecule has 2 amide bonds. The van der Waals surface area contributed by atoms with Crippen molar-refractivity contribution in [1.82, 2.24) is 9.88 Å². The van der Waals surface area contributed by atoms with Crippen molar-refractivity contribution in [3.8, 4) is 11.3 Å². The molecule has 0 unspecified atom stereocenters. The molecule has 0 bridgehead atoms. The van der Waals surface area contributed by atoms with Gasteiger partial charge in [0.2, 0.25) is 0 Å². The van der Waals surface area contributed by atoms with Crippen LogP contribution in [0, 0.1) is 6.92 Å². The lowest BCUT2D eigenvalue weighted by Gasteiger charge is -2.11. The van der Waals surface area contributed by atoms with E-state index in [-0.39, 0.29) is 16.5 Å². The first-order valence-electron chi connectivity index (χ1n) is 10.6. The third-order valence-electron chi connectivity index (χ3n) is 5.46. The summed E-state index contributed by atoms with van der Waals surface area (Å²) in [7, 11) is 4.52. The fourth-order valence-corrected chi connectivity index (χ4v) is 5.13. The van der Waals surface area contributed by atoms with Crippen LogP contribution in [0.5, 0.6) is 0 Å². The molecular weight excluding hydrogens is 530 g/mol. The Hall–Kier alpha value is -3.56.